The average Bonchev–Trinajstić information content (AvgIpc) is 2.79. The van der Waals surface area contributed by atoms with Crippen LogP contribution in [0.25, 0.3) is 11.0 Å². The standard InChI is InChI=1S/C17H22ClFN2/c1-12-2-4-13(5-3-12)11-21-16-10-14(19)6-7-15(16)20-17(21)8-9-18/h6-7,10,12-13H,2-5,8-9,11H2,1H3. The molecule has 3 rings (SSSR count). The van der Waals surface area contributed by atoms with Crippen molar-refractivity contribution in [1.29, 1.82) is 0 Å². The van der Waals surface area contributed by atoms with Gasteiger partial charge in [0.1, 0.15) is 11.6 Å². The van der Waals surface area contributed by atoms with Crippen molar-refractivity contribution in [3.8, 4) is 0 Å². The van der Waals surface area contributed by atoms with Crippen LogP contribution >= 0.6 is 11.6 Å². The van der Waals surface area contributed by atoms with Crippen LogP contribution in [0.2, 0.25) is 0 Å². The Hall–Kier alpha value is -1.09. The van der Waals surface area contributed by atoms with Crippen LogP contribution in [-0.2, 0) is 13.0 Å². The number of rotatable bonds is 4. The molecule has 0 bridgehead atoms. The van der Waals surface area contributed by atoms with E-state index in [1.54, 1.807) is 12.1 Å². The van der Waals surface area contributed by atoms with Crippen molar-refractivity contribution < 1.29 is 4.39 Å². The van der Waals surface area contributed by atoms with E-state index in [1.807, 2.05) is 0 Å². The van der Waals surface area contributed by atoms with E-state index in [9.17, 15) is 4.39 Å². The number of nitrogens with zero attached hydrogens (tertiary/aromatic N) is 2. The molecule has 1 aromatic heterocycles. The summed E-state index contributed by atoms with van der Waals surface area (Å²) in [5, 5.41) is 0. The van der Waals surface area contributed by atoms with Crippen LogP contribution in [0.4, 0.5) is 4.39 Å². The summed E-state index contributed by atoms with van der Waals surface area (Å²) in [7, 11) is 0. The van der Waals surface area contributed by atoms with E-state index >= 15 is 0 Å². The molecule has 4 heteroatoms. The first kappa shape index (κ1) is 14.8. The van der Waals surface area contributed by atoms with Crippen LogP contribution in [0.15, 0.2) is 18.2 Å². The second-order valence-electron chi connectivity index (χ2n) is 6.34. The van der Waals surface area contributed by atoms with Crippen LogP contribution in [-0.4, -0.2) is 15.4 Å². The van der Waals surface area contributed by atoms with Gasteiger partial charge in [0.25, 0.3) is 0 Å². The second kappa shape index (κ2) is 6.35. The molecule has 0 N–H and O–H groups in total. The quantitative estimate of drug-likeness (QED) is 0.743. The lowest BCUT2D eigenvalue weighted by atomic mass is 9.83. The normalized spacial score (nSPS) is 22.8. The number of aryl methyl sites for hydroxylation is 1. The molecule has 1 aromatic carbocycles. The average molecular weight is 309 g/mol. The molecule has 2 nitrogen and oxygen atoms in total. The molecule has 1 fully saturated rings. The van der Waals surface area contributed by atoms with Gasteiger partial charge in [-0.15, -0.1) is 11.6 Å². The fourth-order valence-corrected chi connectivity index (χ4v) is 3.56. The minimum Gasteiger partial charge on any atom is -0.328 e. The zero-order valence-corrected chi connectivity index (χ0v) is 13.2. The van der Waals surface area contributed by atoms with Gasteiger partial charge in [-0.25, -0.2) is 9.37 Å². The summed E-state index contributed by atoms with van der Waals surface area (Å²) < 4.78 is 15.8. The van der Waals surface area contributed by atoms with E-state index in [-0.39, 0.29) is 5.82 Å². The summed E-state index contributed by atoms with van der Waals surface area (Å²) in [5.41, 5.74) is 1.79. The van der Waals surface area contributed by atoms with Gasteiger partial charge in [-0.1, -0.05) is 19.8 Å². The Kier molecular flexibility index (Phi) is 4.48. The van der Waals surface area contributed by atoms with Gasteiger partial charge in [-0.05, 0) is 42.9 Å². The number of alkyl halides is 1. The molecule has 0 unspecified atom stereocenters. The van der Waals surface area contributed by atoms with Gasteiger partial charge < -0.3 is 4.57 Å². The number of hydrogen-bond donors (Lipinski definition) is 0. The maximum absolute atomic E-state index is 13.6. The van der Waals surface area contributed by atoms with Gasteiger partial charge in [0, 0.05) is 18.8 Å². The molecule has 0 amide bonds. The first-order chi connectivity index (χ1) is 10.2. The van der Waals surface area contributed by atoms with Gasteiger partial charge >= 0.3 is 0 Å². The number of hydrogen-bond acceptors (Lipinski definition) is 1. The summed E-state index contributed by atoms with van der Waals surface area (Å²) in [6, 6.07) is 4.85. The SMILES string of the molecule is CC1CCC(Cn2c(CCCl)nc3ccc(F)cc32)CC1. The van der Waals surface area contributed by atoms with Crippen molar-refractivity contribution in [1.82, 2.24) is 9.55 Å². The monoisotopic (exact) mass is 308 g/mol. The third kappa shape index (κ3) is 3.23. The number of imidazole rings is 1. The van der Waals surface area contributed by atoms with Crippen molar-refractivity contribution in [3.05, 3.63) is 29.8 Å². The zero-order valence-electron chi connectivity index (χ0n) is 12.5. The van der Waals surface area contributed by atoms with Gasteiger partial charge in [0.2, 0.25) is 0 Å². The van der Waals surface area contributed by atoms with Gasteiger partial charge in [-0.3, -0.25) is 0 Å². The largest absolute Gasteiger partial charge is 0.328 e. The number of fused-ring (bicyclic) bond motifs is 1. The summed E-state index contributed by atoms with van der Waals surface area (Å²) >= 11 is 5.90. The highest BCUT2D eigenvalue weighted by Crippen LogP contribution is 2.31. The van der Waals surface area contributed by atoms with Crippen molar-refractivity contribution in [2.45, 2.75) is 45.6 Å². The number of halogens is 2. The van der Waals surface area contributed by atoms with E-state index in [0.29, 0.717) is 11.8 Å². The van der Waals surface area contributed by atoms with Crippen LogP contribution < -0.4 is 0 Å². The maximum Gasteiger partial charge on any atom is 0.125 e. The van der Waals surface area contributed by atoms with Crippen molar-refractivity contribution in [2.75, 3.05) is 5.88 Å². The minimum absolute atomic E-state index is 0.196. The highest BCUT2D eigenvalue weighted by molar-refractivity contribution is 6.17. The van der Waals surface area contributed by atoms with E-state index in [0.717, 1.165) is 35.7 Å². The predicted octanol–water partition coefficient (Wildman–Crippen LogP) is 4.78. The fraction of sp³-hybridized carbons (Fsp3) is 0.588. The molecule has 0 aliphatic heterocycles. The number of aromatic nitrogens is 2. The zero-order chi connectivity index (χ0) is 14.8. The van der Waals surface area contributed by atoms with E-state index < -0.39 is 0 Å². The molecular weight excluding hydrogens is 287 g/mol. The lowest BCUT2D eigenvalue weighted by molar-refractivity contribution is 0.265. The molecule has 0 radical (unpaired) electrons. The van der Waals surface area contributed by atoms with E-state index in [4.69, 9.17) is 11.6 Å². The molecule has 21 heavy (non-hydrogen) atoms. The van der Waals surface area contributed by atoms with E-state index in [2.05, 4.69) is 16.5 Å². The Labute approximate surface area is 130 Å². The highest BCUT2D eigenvalue weighted by Gasteiger charge is 2.21. The summed E-state index contributed by atoms with van der Waals surface area (Å²) in [6.07, 6.45) is 5.86. The van der Waals surface area contributed by atoms with Crippen LogP contribution in [0.3, 0.4) is 0 Å². The van der Waals surface area contributed by atoms with Crippen molar-refractivity contribution >= 4 is 22.6 Å². The number of benzene rings is 1. The Bertz CT molecular complexity index is 615. The molecule has 0 spiro atoms. The Morgan fingerprint density at radius 1 is 1.29 bits per heavy atom. The lowest BCUT2D eigenvalue weighted by Gasteiger charge is -2.27. The topological polar surface area (TPSA) is 17.8 Å². The van der Waals surface area contributed by atoms with E-state index in [1.165, 1.54) is 31.7 Å². The molecular formula is C17H22ClFN2. The summed E-state index contributed by atoms with van der Waals surface area (Å²) in [6.45, 7) is 3.27. The van der Waals surface area contributed by atoms with Gasteiger partial charge in [0.05, 0.1) is 11.0 Å². The first-order valence-corrected chi connectivity index (χ1v) is 8.41. The van der Waals surface area contributed by atoms with Crippen LogP contribution in [0.5, 0.6) is 0 Å². The second-order valence-corrected chi connectivity index (χ2v) is 6.71. The molecule has 0 saturated heterocycles. The Balaban J connectivity index is 1.91. The minimum atomic E-state index is -0.196. The van der Waals surface area contributed by atoms with Gasteiger partial charge in [0.15, 0.2) is 0 Å². The summed E-state index contributed by atoms with van der Waals surface area (Å²) in [5.74, 6) is 2.87. The fourth-order valence-electron chi connectivity index (χ4n) is 3.39. The third-order valence-corrected chi connectivity index (χ3v) is 4.87. The molecule has 1 heterocycles. The smallest absolute Gasteiger partial charge is 0.125 e. The Morgan fingerprint density at radius 3 is 2.76 bits per heavy atom. The predicted molar refractivity (Wildman–Crippen MR) is 85.2 cm³/mol. The van der Waals surface area contributed by atoms with Gasteiger partial charge in [-0.2, -0.15) is 0 Å². The van der Waals surface area contributed by atoms with Crippen molar-refractivity contribution in [2.24, 2.45) is 11.8 Å². The molecule has 0 atom stereocenters. The lowest BCUT2D eigenvalue weighted by Crippen LogP contribution is -2.19. The Morgan fingerprint density at radius 2 is 2.05 bits per heavy atom. The van der Waals surface area contributed by atoms with Crippen LogP contribution in [0, 0.1) is 17.7 Å². The summed E-state index contributed by atoms with van der Waals surface area (Å²) in [4.78, 5) is 4.64. The third-order valence-electron chi connectivity index (χ3n) is 4.68. The highest BCUT2D eigenvalue weighted by atomic mass is 35.5. The van der Waals surface area contributed by atoms with Crippen molar-refractivity contribution in [3.63, 3.8) is 0 Å². The first-order valence-electron chi connectivity index (χ1n) is 7.88. The molecule has 114 valence electrons. The molecule has 1 aliphatic rings. The molecule has 1 saturated carbocycles. The molecule has 2 aromatic rings. The molecule has 1 aliphatic carbocycles. The van der Waals surface area contributed by atoms with Crippen LogP contribution in [0.1, 0.15) is 38.4 Å². The maximum atomic E-state index is 13.6.